The molecule has 1 fully saturated rings. The molecule has 1 aliphatic rings. The van der Waals surface area contributed by atoms with Crippen LogP contribution in [0, 0.1) is 5.41 Å². The van der Waals surface area contributed by atoms with Gasteiger partial charge in [0.05, 0.1) is 0 Å². The van der Waals surface area contributed by atoms with E-state index in [4.69, 9.17) is 0 Å². The Hall–Kier alpha value is -0.235. The van der Waals surface area contributed by atoms with Crippen LogP contribution in [0.4, 0.5) is 0 Å². The van der Waals surface area contributed by atoms with E-state index in [2.05, 4.69) is 26.8 Å². The molecular formula is C11H21BO. The predicted molar refractivity (Wildman–Crippen MR) is 58.8 cm³/mol. The SMILES string of the molecule is CC(C)(C)/C=C1/CCCCCB1O. The summed E-state index contributed by atoms with van der Waals surface area (Å²) >= 11 is 0. The zero-order chi connectivity index (χ0) is 9.90. The van der Waals surface area contributed by atoms with E-state index >= 15 is 0 Å². The highest BCUT2D eigenvalue weighted by Gasteiger charge is 2.21. The van der Waals surface area contributed by atoms with Crippen molar-refractivity contribution in [3.05, 3.63) is 11.5 Å². The highest BCUT2D eigenvalue weighted by Crippen LogP contribution is 2.26. The fourth-order valence-corrected chi connectivity index (χ4v) is 1.92. The van der Waals surface area contributed by atoms with Gasteiger partial charge in [0.2, 0.25) is 0 Å². The topological polar surface area (TPSA) is 20.2 Å². The average molecular weight is 180 g/mol. The summed E-state index contributed by atoms with van der Waals surface area (Å²) in [5, 5.41) is 9.84. The van der Waals surface area contributed by atoms with Gasteiger partial charge in [0.25, 0.3) is 0 Å². The van der Waals surface area contributed by atoms with Gasteiger partial charge in [0.1, 0.15) is 0 Å². The summed E-state index contributed by atoms with van der Waals surface area (Å²) in [4.78, 5) is 0. The molecule has 0 atom stereocenters. The van der Waals surface area contributed by atoms with Gasteiger partial charge in [-0.2, -0.15) is 0 Å². The molecule has 1 saturated heterocycles. The van der Waals surface area contributed by atoms with Crippen LogP contribution in [0.3, 0.4) is 0 Å². The van der Waals surface area contributed by atoms with Crippen LogP contribution in [-0.2, 0) is 0 Å². The lowest BCUT2D eigenvalue weighted by Crippen LogP contribution is -2.16. The van der Waals surface area contributed by atoms with Crippen LogP contribution < -0.4 is 0 Å². The highest BCUT2D eigenvalue weighted by atomic mass is 16.2. The zero-order valence-electron chi connectivity index (χ0n) is 9.14. The van der Waals surface area contributed by atoms with Crippen molar-refractivity contribution in [2.24, 2.45) is 5.41 Å². The van der Waals surface area contributed by atoms with E-state index in [9.17, 15) is 5.02 Å². The Labute approximate surface area is 82.3 Å². The number of rotatable bonds is 0. The van der Waals surface area contributed by atoms with E-state index in [0.717, 1.165) is 12.7 Å². The summed E-state index contributed by atoms with van der Waals surface area (Å²) in [6, 6.07) is 0. The maximum atomic E-state index is 9.84. The van der Waals surface area contributed by atoms with Crippen LogP contribution in [0.5, 0.6) is 0 Å². The van der Waals surface area contributed by atoms with Gasteiger partial charge in [0.15, 0.2) is 0 Å². The predicted octanol–water partition coefficient (Wildman–Crippen LogP) is 3.06. The van der Waals surface area contributed by atoms with Gasteiger partial charge in [-0.3, -0.25) is 0 Å². The molecule has 0 aromatic heterocycles. The van der Waals surface area contributed by atoms with Gasteiger partial charge >= 0.3 is 6.92 Å². The maximum Gasteiger partial charge on any atom is 0.319 e. The zero-order valence-corrected chi connectivity index (χ0v) is 9.14. The molecule has 0 radical (unpaired) electrons. The molecule has 1 aliphatic heterocycles. The van der Waals surface area contributed by atoms with Crippen LogP contribution >= 0.6 is 0 Å². The fourth-order valence-electron chi connectivity index (χ4n) is 1.92. The third kappa shape index (κ3) is 3.99. The molecule has 13 heavy (non-hydrogen) atoms. The minimum absolute atomic E-state index is 0.165. The van der Waals surface area contributed by atoms with Crippen LogP contribution in [-0.4, -0.2) is 11.9 Å². The number of hydrogen-bond acceptors (Lipinski definition) is 1. The summed E-state index contributed by atoms with van der Waals surface area (Å²) < 4.78 is 0. The van der Waals surface area contributed by atoms with Gasteiger partial charge in [-0.15, -0.1) is 0 Å². The Morgan fingerprint density at radius 2 is 1.92 bits per heavy atom. The Kier molecular flexibility index (Phi) is 3.60. The molecule has 0 aliphatic carbocycles. The maximum absolute atomic E-state index is 9.84. The first-order valence-electron chi connectivity index (χ1n) is 5.39. The normalized spacial score (nSPS) is 23.4. The second-order valence-electron chi connectivity index (χ2n) is 5.20. The fraction of sp³-hybridized carbons (Fsp3) is 0.818. The van der Waals surface area contributed by atoms with Crippen molar-refractivity contribution in [2.45, 2.75) is 52.8 Å². The van der Waals surface area contributed by atoms with Crippen molar-refractivity contribution >= 4 is 6.92 Å². The first-order valence-corrected chi connectivity index (χ1v) is 5.39. The second-order valence-corrected chi connectivity index (χ2v) is 5.20. The van der Waals surface area contributed by atoms with Gasteiger partial charge in [-0.05, 0) is 18.2 Å². The third-order valence-electron chi connectivity index (χ3n) is 2.49. The lowest BCUT2D eigenvalue weighted by atomic mass is 9.56. The van der Waals surface area contributed by atoms with Crippen LogP contribution in [0.2, 0.25) is 6.32 Å². The molecule has 0 saturated carbocycles. The average Bonchev–Trinajstić information content (AvgIpc) is 2.14. The molecule has 1 nitrogen and oxygen atoms in total. The van der Waals surface area contributed by atoms with E-state index in [-0.39, 0.29) is 12.3 Å². The van der Waals surface area contributed by atoms with Crippen molar-refractivity contribution in [3.63, 3.8) is 0 Å². The minimum atomic E-state index is -0.165. The molecule has 0 aromatic carbocycles. The van der Waals surface area contributed by atoms with Crippen LogP contribution in [0.15, 0.2) is 11.5 Å². The minimum Gasteiger partial charge on any atom is -0.447 e. The summed E-state index contributed by atoms with van der Waals surface area (Å²) in [5.41, 5.74) is 1.48. The lowest BCUT2D eigenvalue weighted by Gasteiger charge is -2.17. The second kappa shape index (κ2) is 4.32. The molecule has 1 heterocycles. The quantitative estimate of drug-likeness (QED) is 0.568. The number of allylic oxidation sites excluding steroid dienone is 2. The summed E-state index contributed by atoms with van der Waals surface area (Å²) in [6.45, 7) is 6.41. The van der Waals surface area contributed by atoms with E-state index in [1.807, 2.05) is 0 Å². The van der Waals surface area contributed by atoms with Crippen molar-refractivity contribution in [1.82, 2.24) is 0 Å². The Balaban J connectivity index is 2.69. The standard InChI is InChI=1S/C11H21BO/c1-11(2,3)9-10-7-5-4-6-8-12(10)13/h9,13H,4-8H2,1-3H3/b10-9-. The summed E-state index contributed by atoms with van der Waals surface area (Å²) in [7, 11) is 0. The van der Waals surface area contributed by atoms with E-state index in [0.29, 0.717) is 0 Å². The first-order chi connectivity index (χ1) is 5.99. The molecule has 0 unspecified atom stereocenters. The molecule has 0 bridgehead atoms. The van der Waals surface area contributed by atoms with Crippen molar-refractivity contribution in [1.29, 1.82) is 0 Å². The Bertz CT molecular complexity index is 191. The molecule has 2 heteroatoms. The molecule has 1 N–H and O–H groups in total. The smallest absolute Gasteiger partial charge is 0.319 e. The van der Waals surface area contributed by atoms with Gasteiger partial charge in [-0.1, -0.05) is 51.6 Å². The van der Waals surface area contributed by atoms with Gasteiger partial charge in [0, 0.05) is 0 Å². The summed E-state index contributed by atoms with van der Waals surface area (Å²) in [5.74, 6) is 0. The lowest BCUT2D eigenvalue weighted by molar-refractivity contribution is 0.533. The van der Waals surface area contributed by atoms with Crippen molar-refractivity contribution in [2.75, 3.05) is 0 Å². The number of hydrogen-bond donors (Lipinski definition) is 1. The molecule has 0 spiro atoms. The molecular weight excluding hydrogens is 159 g/mol. The molecule has 74 valence electrons. The monoisotopic (exact) mass is 180 g/mol. The molecule has 0 amide bonds. The van der Waals surface area contributed by atoms with Crippen molar-refractivity contribution < 1.29 is 5.02 Å². The van der Waals surface area contributed by atoms with Gasteiger partial charge < -0.3 is 5.02 Å². The van der Waals surface area contributed by atoms with E-state index in [1.165, 1.54) is 24.7 Å². The molecule has 1 rings (SSSR count). The Morgan fingerprint density at radius 3 is 2.54 bits per heavy atom. The van der Waals surface area contributed by atoms with Crippen molar-refractivity contribution in [3.8, 4) is 0 Å². The van der Waals surface area contributed by atoms with Gasteiger partial charge in [-0.25, -0.2) is 0 Å². The Morgan fingerprint density at radius 1 is 1.23 bits per heavy atom. The summed E-state index contributed by atoms with van der Waals surface area (Å²) in [6.07, 6.45) is 8.02. The van der Waals surface area contributed by atoms with Crippen LogP contribution in [0.25, 0.3) is 0 Å². The highest BCUT2D eigenvalue weighted by molar-refractivity contribution is 6.59. The molecule has 0 aromatic rings. The van der Waals surface area contributed by atoms with Crippen LogP contribution in [0.1, 0.15) is 46.5 Å². The van der Waals surface area contributed by atoms with E-state index in [1.54, 1.807) is 0 Å². The largest absolute Gasteiger partial charge is 0.447 e. The third-order valence-corrected chi connectivity index (χ3v) is 2.49. The van der Waals surface area contributed by atoms with E-state index < -0.39 is 0 Å². The first kappa shape index (κ1) is 10.8.